The Morgan fingerprint density at radius 1 is 1.50 bits per heavy atom. The molecule has 2 aromatic heterocycles. The van der Waals surface area contributed by atoms with Gasteiger partial charge in [-0.1, -0.05) is 0 Å². The molecule has 0 spiro atoms. The zero-order valence-electron chi connectivity index (χ0n) is 9.33. The first-order valence-corrected chi connectivity index (χ1v) is 6.75. The van der Waals surface area contributed by atoms with Gasteiger partial charge in [0.05, 0.1) is 12.2 Å². The van der Waals surface area contributed by atoms with Crippen molar-refractivity contribution in [3.05, 3.63) is 37.7 Å². The molecule has 0 saturated heterocycles. The van der Waals surface area contributed by atoms with Gasteiger partial charge in [-0.25, -0.2) is 0 Å². The quantitative estimate of drug-likeness (QED) is 0.947. The maximum atomic E-state index is 5.70. The van der Waals surface area contributed by atoms with Gasteiger partial charge in [0.15, 0.2) is 0 Å². The number of rotatable bonds is 3. The van der Waals surface area contributed by atoms with Crippen LogP contribution in [0.3, 0.4) is 0 Å². The molecule has 0 aliphatic rings. The monoisotopic (exact) mass is 299 g/mol. The van der Waals surface area contributed by atoms with E-state index in [4.69, 9.17) is 5.73 Å². The van der Waals surface area contributed by atoms with Crippen LogP contribution in [0.4, 0.5) is 0 Å². The SMILES string of the molecule is Cc1nn(Cc2cc(Br)cs2)c(C)c1CN. The first-order chi connectivity index (χ1) is 7.61. The van der Waals surface area contributed by atoms with Crippen LogP contribution in [-0.2, 0) is 13.1 Å². The topological polar surface area (TPSA) is 43.8 Å². The van der Waals surface area contributed by atoms with Crippen LogP contribution in [0.5, 0.6) is 0 Å². The summed E-state index contributed by atoms with van der Waals surface area (Å²) in [6.07, 6.45) is 0. The molecule has 0 radical (unpaired) electrons. The Labute approximate surface area is 107 Å². The van der Waals surface area contributed by atoms with Gasteiger partial charge < -0.3 is 5.73 Å². The van der Waals surface area contributed by atoms with Gasteiger partial charge in [0, 0.05) is 32.5 Å². The van der Waals surface area contributed by atoms with Gasteiger partial charge in [-0.2, -0.15) is 5.10 Å². The lowest BCUT2D eigenvalue weighted by Crippen LogP contribution is -2.04. The third-order valence-corrected chi connectivity index (χ3v) is 4.35. The van der Waals surface area contributed by atoms with E-state index < -0.39 is 0 Å². The average molecular weight is 300 g/mol. The van der Waals surface area contributed by atoms with Crippen molar-refractivity contribution >= 4 is 27.3 Å². The molecule has 2 rings (SSSR count). The number of thiophene rings is 1. The van der Waals surface area contributed by atoms with Crippen LogP contribution in [0.15, 0.2) is 15.9 Å². The van der Waals surface area contributed by atoms with Crippen molar-refractivity contribution in [2.45, 2.75) is 26.9 Å². The van der Waals surface area contributed by atoms with E-state index in [-0.39, 0.29) is 0 Å². The predicted octanol–water partition coefficient (Wildman–Crippen LogP) is 2.83. The fourth-order valence-corrected chi connectivity index (χ4v) is 3.20. The highest BCUT2D eigenvalue weighted by Crippen LogP contribution is 2.22. The van der Waals surface area contributed by atoms with Crippen molar-refractivity contribution in [2.75, 3.05) is 0 Å². The van der Waals surface area contributed by atoms with Gasteiger partial charge >= 0.3 is 0 Å². The van der Waals surface area contributed by atoms with Crippen molar-refractivity contribution in [3.8, 4) is 0 Å². The lowest BCUT2D eigenvalue weighted by molar-refractivity contribution is 0.665. The fourth-order valence-electron chi connectivity index (χ4n) is 1.77. The third-order valence-electron chi connectivity index (χ3n) is 2.66. The minimum absolute atomic E-state index is 0.561. The number of hydrogen-bond acceptors (Lipinski definition) is 3. The Morgan fingerprint density at radius 2 is 2.25 bits per heavy atom. The maximum absolute atomic E-state index is 5.70. The van der Waals surface area contributed by atoms with Gasteiger partial charge in [0.1, 0.15) is 0 Å². The molecular weight excluding hydrogens is 286 g/mol. The molecule has 86 valence electrons. The molecule has 0 amide bonds. The molecule has 2 N–H and O–H groups in total. The second kappa shape index (κ2) is 4.69. The summed E-state index contributed by atoms with van der Waals surface area (Å²) < 4.78 is 3.16. The molecular formula is C11H14BrN3S. The molecule has 5 heteroatoms. The Bertz CT molecular complexity index is 501. The Balaban J connectivity index is 2.28. The van der Waals surface area contributed by atoms with E-state index in [2.05, 4.69) is 39.4 Å². The van der Waals surface area contributed by atoms with Crippen LogP contribution in [0.25, 0.3) is 0 Å². The number of hydrogen-bond donors (Lipinski definition) is 1. The lowest BCUT2D eigenvalue weighted by atomic mass is 10.2. The summed E-state index contributed by atoms with van der Waals surface area (Å²) in [7, 11) is 0. The average Bonchev–Trinajstić information content (AvgIpc) is 2.74. The van der Waals surface area contributed by atoms with Crippen LogP contribution >= 0.6 is 27.3 Å². The summed E-state index contributed by atoms with van der Waals surface area (Å²) in [6, 6.07) is 2.13. The van der Waals surface area contributed by atoms with Crippen molar-refractivity contribution < 1.29 is 0 Å². The molecule has 16 heavy (non-hydrogen) atoms. The van der Waals surface area contributed by atoms with Crippen LogP contribution in [0.2, 0.25) is 0 Å². The molecule has 0 bridgehead atoms. The molecule has 0 fully saturated rings. The highest BCUT2D eigenvalue weighted by molar-refractivity contribution is 9.10. The third kappa shape index (κ3) is 2.21. The summed E-state index contributed by atoms with van der Waals surface area (Å²) in [6.45, 7) is 5.47. The van der Waals surface area contributed by atoms with E-state index >= 15 is 0 Å². The van der Waals surface area contributed by atoms with Crippen molar-refractivity contribution in [3.63, 3.8) is 0 Å². The summed E-state index contributed by atoms with van der Waals surface area (Å²) in [5.74, 6) is 0. The van der Waals surface area contributed by atoms with Gasteiger partial charge in [-0.3, -0.25) is 4.68 Å². The maximum Gasteiger partial charge on any atom is 0.0755 e. The first kappa shape index (κ1) is 11.8. The summed E-state index contributed by atoms with van der Waals surface area (Å²) in [5, 5.41) is 6.60. The van der Waals surface area contributed by atoms with Gasteiger partial charge in [-0.05, 0) is 35.8 Å². The normalized spacial score (nSPS) is 11.0. The van der Waals surface area contributed by atoms with Crippen LogP contribution in [-0.4, -0.2) is 9.78 Å². The summed E-state index contributed by atoms with van der Waals surface area (Å²) >= 11 is 5.19. The van der Waals surface area contributed by atoms with Crippen molar-refractivity contribution in [1.82, 2.24) is 9.78 Å². The van der Waals surface area contributed by atoms with Gasteiger partial charge in [0.25, 0.3) is 0 Å². The number of nitrogens with two attached hydrogens (primary N) is 1. The Hall–Kier alpha value is -0.650. The van der Waals surface area contributed by atoms with Gasteiger partial charge in [0.2, 0.25) is 0 Å². The number of nitrogens with zero attached hydrogens (tertiary/aromatic N) is 2. The second-order valence-electron chi connectivity index (χ2n) is 3.74. The molecule has 0 aromatic carbocycles. The Morgan fingerprint density at radius 3 is 2.75 bits per heavy atom. The van der Waals surface area contributed by atoms with E-state index in [1.165, 1.54) is 10.6 Å². The van der Waals surface area contributed by atoms with E-state index in [1.807, 2.05) is 11.6 Å². The Kier molecular flexibility index (Phi) is 3.47. The fraction of sp³-hybridized carbons (Fsp3) is 0.364. The molecule has 0 aliphatic heterocycles. The van der Waals surface area contributed by atoms with E-state index in [0.29, 0.717) is 6.54 Å². The molecule has 0 aliphatic carbocycles. The van der Waals surface area contributed by atoms with Crippen LogP contribution in [0.1, 0.15) is 21.8 Å². The standard InChI is InChI=1S/C11H14BrN3S/c1-7-11(4-13)8(2)15(14-7)5-10-3-9(12)6-16-10/h3,6H,4-5,13H2,1-2H3. The zero-order valence-corrected chi connectivity index (χ0v) is 11.7. The minimum atomic E-state index is 0.561. The van der Waals surface area contributed by atoms with Crippen molar-refractivity contribution in [2.24, 2.45) is 5.73 Å². The second-order valence-corrected chi connectivity index (χ2v) is 5.65. The highest BCUT2D eigenvalue weighted by atomic mass is 79.9. The van der Waals surface area contributed by atoms with E-state index in [1.54, 1.807) is 11.3 Å². The minimum Gasteiger partial charge on any atom is -0.326 e. The van der Waals surface area contributed by atoms with E-state index in [0.717, 1.165) is 22.3 Å². The number of aromatic nitrogens is 2. The summed E-state index contributed by atoms with van der Waals surface area (Å²) in [5.41, 5.74) is 9.08. The smallest absolute Gasteiger partial charge is 0.0755 e. The number of aryl methyl sites for hydroxylation is 1. The number of halogens is 1. The molecule has 3 nitrogen and oxygen atoms in total. The van der Waals surface area contributed by atoms with E-state index in [9.17, 15) is 0 Å². The van der Waals surface area contributed by atoms with Gasteiger partial charge in [-0.15, -0.1) is 11.3 Å². The zero-order chi connectivity index (χ0) is 11.7. The van der Waals surface area contributed by atoms with Crippen molar-refractivity contribution in [1.29, 1.82) is 0 Å². The lowest BCUT2D eigenvalue weighted by Gasteiger charge is -2.02. The predicted molar refractivity (Wildman–Crippen MR) is 70.7 cm³/mol. The summed E-state index contributed by atoms with van der Waals surface area (Å²) in [4.78, 5) is 1.29. The molecule has 0 unspecified atom stereocenters. The highest BCUT2D eigenvalue weighted by Gasteiger charge is 2.10. The molecule has 0 saturated carbocycles. The first-order valence-electron chi connectivity index (χ1n) is 5.07. The molecule has 0 atom stereocenters. The van der Waals surface area contributed by atoms with Crippen LogP contribution < -0.4 is 5.73 Å². The van der Waals surface area contributed by atoms with Crippen LogP contribution in [0, 0.1) is 13.8 Å². The molecule has 2 heterocycles. The largest absolute Gasteiger partial charge is 0.326 e. The molecule has 2 aromatic rings.